The van der Waals surface area contributed by atoms with E-state index < -0.39 is 44.5 Å². The van der Waals surface area contributed by atoms with Gasteiger partial charge in [-0.25, -0.2) is 13.2 Å². The van der Waals surface area contributed by atoms with Gasteiger partial charge in [0.15, 0.2) is 0 Å². The van der Waals surface area contributed by atoms with Crippen molar-refractivity contribution >= 4 is 32.8 Å². The van der Waals surface area contributed by atoms with Crippen LogP contribution in [0.25, 0.3) is 0 Å². The van der Waals surface area contributed by atoms with Gasteiger partial charge in [0.05, 0.1) is 6.26 Å². The number of hydrogen-bond acceptors (Lipinski definition) is 6. The second-order valence-corrected chi connectivity index (χ2v) is 9.87. The van der Waals surface area contributed by atoms with Crippen LogP contribution >= 0.6 is 0 Å². The van der Waals surface area contributed by atoms with Crippen LogP contribution in [0.2, 0.25) is 0 Å². The number of alkyl carbamates (subject to hydrolysis) is 1. The lowest BCUT2D eigenvalue weighted by Crippen LogP contribution is -2.49. The van der Waals surface area contributed by atoms with Crippen molar-refractivity contribution < 1.29 is 27.0 Å². The van der Waals surface area contributed by atoms with E-state index in [2.05, 4.69) is 5.32 Å². The van der Waals surface area contributed by atoms with E-state index >= 15 is 0 Å². The van der Waals surface area contributed by atoms with Crippen molar-refractivity contribution in [1.29, 1.82) is 0 Å². The zero-order valence-electron chi connectivity index (χ0n) is 14.9. The molecule has 0 fully saturated rings. The number of ether oxygens (including phenoxy) is 1. The van der Waals surface area contributed by atoms with Crippen LogP contribution in [0.4, 0.5) is 4.79 Å². The summed E-state index contributed by atoms with van der Waals surface area (Å²) in [6.07, 6.45) is 1.76. The Bertz CT molecular complexity index is 554. The van der Waals surface area contributed by atoms with Crippen molar-refractivity contribution in [2.24, 2.45) is 0 Å². The summed E-state index contributed by atoms with van der Waals surface area (Å²) in [6.45, 7) is 6.97. The predicted octanol–water partition coefficient (Wildman–Crippen LogP) is 0.894. The maximum Gasteiger partial charge on any atom is 0.408 e. The van der Waals surface area contributed by atoms with Crippen LogP contribution in [0.15, 0.2) is 0 Å². The van der Waals surface area contributed by atoms with E-state index in [1.165, 1.54) is 0 Å². The van der Waals surface area contributed by atoms with Crippen LogP contribution in [-0.4, -0.2) is 54.0 Å². The number of nitrogens with one attached hydrogen (secondary N) is 2. The summed E-state index contributed by atoms with van der Waals surface area (Å²) >= 11 is 0. The van der Waals surface area contributed by atoms with Crippen molar-refractivity contribution in [3.63, 3.8) is 0 Å². The highest BCUT2D eigenvalue weighted by Crippen LogP contribution is 2.08. The first-order chi connectivity index (χ1) is 10.8. The van der Waals surface area contributed by atoms with Crippen LogP contribution in [0, 0.1) is 0 Å². The second-order valence-electron chi connectivity index (χ2n) is 6.43. The highest BCUT2D eigenvalue weighted by Gasteiger charge is 2.26. The Morgan fingerprint density at radius 1 is 1.21 bits per heavy atom. The monoisotopic (exact) mass is 384 g/mol. The fourth-order valence-electron chi connectivity index (χ4n) is 1.63. The number of sulfonamides is 1. The molecule has 0 saturated heterocycles. The maximum absolute atomic E-state index is 12.0. The Balaban J connectivity index is 4.86. The molecule has 0 spiro atoms. The molecule has 0 bridgehead atoms. The minimum absolute atomic E-state index is 0.0525. The normalized spacial score (nSPS) is 14.5. The van der Waals surface area contributed by atoms with Gasteiger partial charge in [0.1, 0.15) is 11.6 Å². The first-order valence-corrected chi connectivity index (χ1v) is 11.1. The quantitative estimate of drug-likeness (QED) is 0.609. The molecule has 2 atom stereocenters. The zero-order chi connectivity index (χ0) is 19.0. The minimum atomic E-state index is -3.76. The number of amides is 2. The summed E-state index contributed by atoms with van der Waals surface area (Å²) in [5.74, 6) is -0.197. The average molecular weight is 385 g/mol. The highest BCUT2D eigenvalue weighted by molar-refractivity contribution is 7.89. The third-order valence-electron chi connectivity index (χ3n) is 2.65. The lowest BCUT2D eigenvalue weighted by molar-refractivity contribution is -0.121. The Labute approximate surface area is 146 Å². The molecule has 2 amide bonds. The summed E-state index contributed by atoms with van der Waals surface area (Å²) in [4.78, 5) is 23.8. The molecule has 8 nitrogen and oxygen atoms in total. The molecule has 0 aliphatic carbocycles. The predicted molar refractivity (Wildman–Crippen MR) is 93.5 cm³/mol. The molecule has 0 aromatic carbocycles. The zero-order valence-corrected chi connectivity index (χ0v) is 16.5. The molecule has 0 rings (SSSR count). The van der Waals surface area contributed by atoms with Gasteiger partial charge in [-0.3, -0.25) is 13.7 Å². The fraction of sp³-hybridized carbons (Fsp3) is 0.857. The lowest BCUT2D eigenvalue weighted by Gasteiger charge is -2.23. The largest absolute Gasteiger partial charge is 0.444 e. The molecule has 142 valence electrons. The Hall–Kier alpha value is -1.16. The summed E-state index contributed by atoms with van der Waals surface area (Å²) in [5, 5.41) is 2.34. The summed E-state index contributed by atoms with van der Waals surface area (Å²) in [6, 6.07) is -1.14. The number of hydrogen-bond donors (Lipinski definition) is 2. The Kier molecular flexibility index (Phi) is 9.49. The minimum Gasteiger partial charge on any atom is -0.444 e. The molecule has 0 radical (unpaired) electrons. The molecule has 0 aromatic rings. The first-order valence-electron chi connectivity index (χ1n) is 7.70. The van der Waals surface area contributed by atoms with Crippen molar-refractivity contribution in [2.75, 3.05) is 17.8 Å². The molecule has 0 heterocycles. The SMILES string of the molecule is CCCCS(=O)CC[C@H](NC(=O)OC(C)(C)C)C(=O)NS(C)(=O)=O. The summed E-state index contributed by atoms with van der Waals surface area (Å²) in [5.41, 5.74) is -0.758. The third-order valence-corrected chi connectivity index (χ3v) is 4.66. The first kappa shape index (κ1) is 22.8. The van der Waals surface area contributed by atoms with E-state index in [1.54, 1.807) is 20.8 Å². The fourth-order valence-corrected chi connectivity index (χ4v) is 3.45. The maximum atomic E-state index is 12.0. The molecule has 24 heavy (non-hydrogen) atoms. The highest BCUT2D eigenvalue weighted by atomic mass is 32.2. The number of carbonyl (C=O) groups is 2. The topological polar surface area (TPSA) is 119 Å². The Morgan fingerprint density at radius 2 is 1.79 bits per heavy atom. The van der Waals surface area contributed by atoms with Crippen molar-refractivity contribution in [3.05, 3.63) is 0 Å². The van der Waals surface area contributed by atoms with Gasteiger partial charge in [-0.2, -0.15) is 0 Å². The van der Waals surface area contributed by atoms with Gasteiger partial charge < -0.3 is 10.1 Å². The van der Waals surface area contributed by atoms with Gasteiger partial charge in [0.25, 0.3) is 5.91 Å². The average Bonchev–Trinajstić information content (AvgIpc) is 2.36. The number of unbranched alkanes of at least 4 members (excludes halogenated alkanes) is 1. The van der Waals surface area contributed by atoms with E-state index in [0.717, 1.165) is 19.1 Å². The molecule has 1 unspecified atom stereocenters. The number of carbonyl (C=O) groups excluding carboxylic acids is 2. The van der Waals surface area contributed by atoms with Crippen LogP contribution < -0.4 is 10.0 Å². The third kappa shape index (κ3) is 12.3. The van der Waals surface area contributed by atoms with Gasteiger partial charge in [0.2, 0.25) is 10.0 Å². The molecule has 0 aliphatic rings. The van der Waals surface area contributed by atoms with Gasteiger partial charge in [-0.05, 0) is 33.6 Å². The van der Waals surface area contributed by atoms with Gasteiger partial charge in [-0.1, -0.05) is 13.3 Å². The molecular weight excluding hydrogens is 356 g/mol. The smallest absolute Gasteiger partial charge is 0.408 e. The standard InChI is InChI=1S/C14H28N2O6S2/c1-6-7-9-23(19)10-8-11(12(17)16-24(5,20)21)15-13(18)22-14(2,3)4/h11H,6-10H2,1-5H3,(H,15,18)(H,16,17)/t11-,23?/m0/s1. The van der Waals surface area contributed by atoms with Gasteiger partial charge >= 0.3 is 6.09 Å². The molecule has 0 aliphatic heterocycles. The van der Waals surface area contributed by atoms with Crippen molar-refractivity contribution in [3.8, 4) is 0 Å². The van der Waals surface area contributed by atoms with Crippen molar-refractivity contribution in [2.45, 2.75) is 58.6 Å². The van der Waals surface area contributed by atoms with Crippen LogP contribution in [-0.2, 0) is 30.4 Å². The van der Waals surface area contributed by atoms with E-state index in [9.17, 15) is 22.2 Å². The van der Waals surface area contributed by atoms with Crippen LogP contribution in [0.1, 0.15) is 47.0 Å². The van der Waals surface area contributed by atoms with E-state index in [-0.39, 0.29) is 12.2 Å². The molecule has 0 aromatic heterocycles. The second kappa shape index (κ2) is 9.97. The van der Waals surface area contributed by atoms with E-state index in [4.69, 9.17) is 4.74 Å². The van der Waals surface area contributed by atoms with Gasteiger partial charge in [0, 0.05) is 22.3 Å². The van der Waals surface area contributed by atoms with Gasteiger partial charge in [-0.15, -0.1) is 0 Å². The Morgan fingerprint density at radius 3 is 2.25 bits per heavy atom. The summed E-state index contributed by atoms with van der Waals surface area (Å²) < 4.78 is 41.1. The van der Waals surface area contributed by atoms with E-state index in [1.807, 2.05) is 11.6 Å². The van der Waals surface area contributed by atoms with Crippen LogP contribution in [0.5, 0.6) is 0 Å². The number of rotatable bonds is 9. The molecular formula is C14H28N2O6S2. The molecule has 2 N–H and O–H groups in total. The van der Waals surface area contributed by atoms with E-state index in [0.29, 0.717) is 5.75 Å². The molecule has 0 saturated carbocycles. The van der Waals surface area contributed by atoms with Crippen LogP contribution in [0.3, 0.4) is 0 Å². The molecule has 10 heteroatoms. The lowest BCUT2D eigenvalue weighted by atomic mass is 10.2. The van der Waals surface area contributed by atoms with Crippen molar-refractivity contribution in [1.82, 2.24) is 10.0 Å². The summed E-state index contributed by atoms with van der Waals surface area (Å²) in [7, 11) is -4.90.